The Labute approximate surface area is 126 Å². The molecule has 0 amide bonds. The predicted molar refractivity (Wildman–Crippen MR) is 84.8 cm³/mol. The Hall–Kier alpha value is -1.25. The highest BCUT2D eigenvalue weighted by atomic mass is 35.5. The molecule has 3 rings (SSSR count). The van der Waals surface area contributed by atoms with Gasteiger partial charge >= 0.3 is 0 Å². The maximum absolute atomic E-state index is 4.41. The van der Waals surface area contributed by atoms with Crippen LogP contribution in [0.15, 0.2) is 48.7 Å². The smallest absolute Gasteiger partial charge is 0.128 e. The quantitative estimate of drug-likeness (QED) is 0.843. The van der Waals surface area contributed by atoms with Gasteiger partial charge in [-0.15, -0.1) is 24.8 Å². The molecule has 1 aliphatic carbocycles. The highest BCUT2D eigenvalue weighted by Gasteiger charge is 2.24. The Morgan fingerprint density at radius 2 is 1.53 bits per heavy atom. The summed E-state index contributed by atoms with van der Waals surface area (Å²) < 4.78 is 0. The van der Waals surface area contributed by atoms with Crippen LogP contribution in [0, 0.1) is 0 Å². The van der Waals surface area contributed by atoms with Crippen LogP contribution in [0.4, 0.5) is 5.82 Å². The fraction of sp³-hybridized carbons (Fsp3) is 0.267. The molecule has 0 N–H and O–H groups in total. The van der Waals surface area contributed by atoms with Crippen molar-refractivity contribution in [3.63, 3.8) is 0 Å². The molecule has 0 bridgehead atoms. The van der Waals surface area contributed by atoms with E-state index in [1.165, 1.54) is 11.1 Å². The summed E-state index contributed by atoms with van der Waals surface area (Å²) in [6, 6.07) is 15.3. The lowest BCUT2D eigenvalue weighted by molar-refractivity contribution is 0.659. The van der Waals surface area contributed by atoms with Crippen molar-refractivity contribution in [3.05, 3.63) is 59.8 Å². The van der Waals surface area contributed by atoms with E-state index in [-0.39, 0.29) is 24.8 Å². The first kappa shape index (κ1) is 15.8. The number of anilines is 1. The second-order valence-corrected chi connectivity index (χ2v) is 4.63. The lowest BCUT2D eigenvalue weighted by Crippen LogP contribution is -2.32. The Morgan fingerprint density at radius 3 is 2.05 bits per heavy atom. The standard InChI is InChI=1S/C15H16N2.2ClH/c1-17(15-8-4-5-9-16-15)14-10-12-6-2-3-7-13(12)11-14;;/h2-9,14H,10-11H2,1H3;2*1H. The molecule has 0 fully saturated rings. The van der Waals surface area contributed by atoms with Crippen molar-refractivity contribution < 1.29 is 0 Å². The summed E-state index contributed by atoms with van der Waals surface area (Å²) in [5.74, 6) is 1.06. The molecule has 0 atom stereocenters. The maximum Gasteiger partial charge on any atom is 0.128 e. The van der Waals surface area contributed by atoms with E-state index in [1.54, 1.807) is 0 Å². The molecule has 1 aromatic carbocycles. The van der Waals surface area contributed by atoms with Crippen molar-refractivity contribution in [1.29, 1.82) is 0 Å². The average Bonchev–Trinajstić information content (AvgIpc) is 2.82. The molecule has 0 unspecified atom stereocenters. The SMILES string of the molecule is CN(c1ccccn1)C1Cc2ccccc2C1.Cl.Cl. The third-order valence-corrected chi connectivity index (χ3v) is 3.59. The minimum absolute atomic E-state index is 0. The van der Waals surface area contributed by atoms with Crippen molar-refractivity contribution in [3.8, 4) is 0 Å². The van der Waals surface area contributed by atoms with Gasteiger partial charge in [0.2, 0.25) is 0 Å². The van der Waals surface area contributed by atoms with Gasteiger partial charge in [-0.3, -0.25) is 0 Å². The Morgan fingerprint density at radius 1 is 0.947 bits per heavy atom. The molecule has 19 heavy (non-hydrogen) atoms. The third-order valence-electron chi connectivity index (χ3n) is 3.59. The van der Waals surface area contributed by atoms with E-state index < -0.39 is 0 Å². The van der Waals surface area contributed by atoms with Crippen molar-refractivity contribution >= 4 is 30.6 Å². The Balaban J connectivity index is 0.000000902. The zero-order valence-corrected chi connectivity index (χ0v) is 12.5. The number of pyridine rings is 1. The van der Waals surface area contributed by atoms with Crippen LogP contribution in [-0.2, 0) is 12.8 Å². The topological polar surface area (TPSA) is 16.1 Å². The van der Waals surface area contributed by atoms with E-state index in [0.717, 1.165) is 18.7 Å². The maximum atomic E-state index is 4.41. The van der Waals surface area contributed by atoms with E-state index in [4.69, 9.17) is 0 Å². The third kappa shape index (κ3) is 3.20. The van der Waals surface area contributed by atoms with E-state index in [1.807, 2.05) is 18.3 Å². The highest BCUT2D eigenvalue weighted by Crippen LogP contribution is 2.26. The van der Waals surface area contributed by atoms with Crippen LogP contribution in [0.3, 0.4) is 0 Å². The molecule has 4 heteroatoms. The molecule has 102 valence electrons. The van der Waals surface area contributed by atoms with Gasteiger partial charge < -0.3 is 4.90 Å². The molecule has 1 heterocycles. The molecule has 0 saturated carbocycles. The van der Waals surface area contributed by atoms with Gasteiger partial charge in [0, 0.05) is 19.3 Å². The molecule has 0 aliphatic heterocycles. The largest absolute Gasteiger partial charge is 0.356 e. The van der Waals surface area contributed by atoms with Crippen LogP contribution >= 0.6 is 24.8 Å². The fourth-order valence-corrected chi connectivity index (χ4v) is 2.56. The van der Waals surface area contributed by atoms with Crippen LogP contribution in [0.2, 0.25) is 0 Å². The number of benzene rings is 1. The summed E-state index contributed by atoms with van der Waals surface area (Å²) in [6.07, 6.45) is 4.11. The first-order valence-corrected chi connectivity index (χ1v) is 6.05. The van der Waals surface area contributed by atoms with E-state index in [9.17, 15) is 0 Å². The number of nitrogens with zero attached hydrogens (tertiary/aromatic N) is 2. The molecule has 2 aromatic rings. The Bertz CT molecular complexity index is 492. The second kappa shape index (κ2) is 6.78. The molecular weight excluding hydrogens is 279 g/mol. The number of halogens is 2. The summed E-state index contributed by atoms with van der Waals surface area (Å²) in [7, 11) is 2.14. The van der Waals surface area contributed by atoms with Crippen LogP contribution in [0.25, 0.3) is 0 Å². The van der Waals surface area contributed by atoms with Gasteiger partial charge in [-0.05, 0) is 36.1 Å². The number of likely N-dealkylation sites (N-methyl/N-ethyl adjacent to an activating group) is 1. The fourth-order valence-electron chi connectivity index (χ4n) is 2.56. The molecule has 1 aliphatic rings. The van der Waals surface area contributed by atoms with Crippen LogP contribution in [0.5, 0.6) is 0 Å². The normalized spacial score (nSPS) is 13.1. The summed E-state index contributed by atoms with van der Waals surface area (Å²) in [6.45, 7) is 0. The molecule has 1 aromatic heterocycles. The number of hydrogen-bond acceptors (Lipinski definition) is 2. The first-order chi connectivity index (χ1) is 8.34. The van der Waals surface area contributed by atoms with Gasteiger partial charge in [0.05, 0.1) is 0 Å². The van der Waals surface area contributed by atoms with Gasteiger partial charge in [0.25, 0.3) is 0 Å². The van der Waals surface area contributed by atoms with E-state index >= 15 is 0 Å². The van der Waals surface area contributed by atoms with E-state index in [2.05, 4.69) is 47.3 Å². The van der Waals surface area contributed by atoms with Gasteiger partial charge in [-0.1, -0.05) is 30.3 Å². The lowest BCUT2D eigenvalue weighted by Gasteiger charge is -2.25. The predicted octanol–water partition coefficient (Wildman–Crippen LogP) is 3.53. The first-order valence-electron chi connectivity index (χ1n) is 6.05. The average molecular weight is 297 g/mol. The molecule has 0 saturated heterocycles. The summed E-state index contributed by atoms with van der Waals surface area (Å²) in [5.41, 5.74) is 2.97. The summed E-state index contributed by atoms with van der Waals surface area (Å²) in [5, 5.41) is 0. The zero-order chi connectivity index (χ0) is 11.7. The van der Waals surface area contributed by atoms with Gasteiger partial charge in [-0.25, -0.2) is 4.98 Å². The molecule has 0 spiro atoms. The van der Waals surface area contributed by atoms with E-state index in [0.29, 0.717) is 6.04 Å². The molecule has 0 radical (unpaired) electrons. The lowest BCUT2D eigenvalue weighted by atomic mass is 10.1. The zero-order valence-electron chi connectivity index (χ0n) is 10.8. The summed E-state index contributed by atoms with van der Waals surface area (Å²) >= 11 is 0. The van der Waals surface area contributed by atoms with Crippen molar-refractivity contribution in [2.45, 2.75) is 18.9 Å². The molecular formula is C15H18Cl2N2. The van der Waals surface area contributed by atoms with Crippen LogP contribution in [-0.4, -0.2) is 18.1 Å². The van der Waals surface area contributed by atoms with Gasteiger partial charge in [-0.2, -0.15) is 0 Å². The highest BCUT2D eigenvalue weighted by molar-refractivity contribution is 5.85. The van der Waals surface area contributed by atoms with Crippen LogP contribution in [0.1, 0.15) is 11.1 Å². The minimum Gasteiger partial charge on any atom is -0.356 e. The van der Waals surface area contributed by atoms with Gasteiger partial charge in [0.15, 0.2) is 0 Å². The Kier molecular flexibility index (Phi) is 5.64. The second-order valence-electron chi connectivity index (χ2n) is 4.63. The monoisotopic (exact) mass is 296 g/mol. The van der Waals surface area contributed by atoms with Crippen molar-refractivity contribution in [2.24, 2.45) is 0 Å². The minimum atomic E-state index is 0. The number of hydrogen-bond donors (Lipinski definition) is 0. The molecule has 2 nitrogen and oxygen atoms in total. The van der Waals surface area contributed by atoms with Crippen LogP contribution < -0.4 is 4.90 Å². The van der Waals surface area contributed by atoms with Crippen molar-refractivity contribution in [2.75, 3.05) is 11.9 Å². The van der Waals surface area contributed by atoms with Crippen molar-refractivity contribution in [1.82, 2.24) is 4.98 Å². The number of fused-ring (bicyclic) bond motifs is 1. The number of rotatable bonds is 2. The van der Waals surface area contributed by atoms with Gasteiger partial charge in [0.1, 0.15) is 5.82 Å². The number of aromatic nitrogens is 1. The summed E-state index contributed by atoms with van der Waals surface area (Å²) in [4.78, 5) is 6.70.